The normalized spacial score (nSPS) is 13.6. The SMILES string of the molecule is Cc1[nH]c(=O)sc1S(=O)(=O)N[C@@H](C)C(=O)O. The van der Waals surface area contributed by atoms with Gasteiger partial charge in [0.25, 0.3) is 10.0 Å². The van der Waals surface area contributed by atoms with Crippen molar-refractivity contribution in [3.8, 4) is 0 Å². The second-order valence-corrected chi connectivity index (χ2v) is 6.00. The Labute approximate surface area is 95.2 Å². The van der Waals surface area contributed by atoms with Crippen LogP contribution >= 0.6 is 11.3 Å². The molecule has 0 saturated carbocycles. The fourth-order valence-electron chi connectivity index (χ4n) is 0.983. The summed E-state index contributed by atoms with van der Waals surface area (Å²) in [6.45, 7) is 2.63. The van der Waals surface area contributed by atoms with Crippen molar-refractivity contribution in [3.63, 3.8) is 0 Å². The van der Waals surface area contributed by atoms with Gasteiger partial charge in [0, 0.05) is 5.69 Å². The molecule has 1 rings (SSSR count). The molecule has 0 aliphatic carbocycles. The number of sulfonamides is 1. The van der Waals surface area contributed by atoms with Crippen molar-refractivity contribution in [2.45, 2.75) is 24.1 Å². The number of aromatic nitrogens is 1. The molecule has 0 amide bonds. The summed E-state index contributed by atoms with van der Waals surface area (Å²) in [4.78, 5) is 23.3. The first kappa shape index (κ1) is 12.9. The minimum absolute atomic E-state index is 0.189. The number of nitrogens with one attached hydrogen (secondary N) is 2. The summed E-state index contributed by atoms with van der Waals surface area (Å²) in [5.74, 6) is -1.29. The zero-order chi connectivity index (χ0) is 12.5. The van der Waals surface area contributed by atoms with Gasteiger partial charge < -0.3 is 10.1 Å². The largest absolute Gasteiger partial charge is 0.480 e. The highest BCUT2D eigenvalue weighted by atomic mass is 32.2. The van der Waals surface area contributed by atoms with E-state index in [2.05, 4.69) is 4.98 Å². The third-order valence-electron chi connectivity index (χ3n) is 1.73. The molecule has 0 aromatic carbocycles. The maximum absolute atomic E-state index is 11.7. The van der Waals surface area contributed by atoms with E-state index in [1.165, 1.54) is 13.8 Å². The number of H-pyrrole nitrogens is 1. The Morgan fingerprint density at radius 2 is 2.12 bits per heavy atom. The topological polar surface area (TPSA) is 116 Å². The van der Waals surface area contributed by atoms with Crippen molar-refractivity contribution in [2.24, 2.45) is 0 Å². The highest BCUT2D eigenvalue weighted by molar-refractivity contribution is 7.91. The fourth-order valence-corrected chi connectivity index (χ4v) is 3.50. The van der Waals surface area contributed by atoms with E-state index in [0.29, 0.717) is 11.3 Å². The minimum Gasteiger partial charge on any atom is -0.480 e. The molecule has 0 unspecified atom stereocenters. The smallest absolute Gasteiger partial charge is 0.321 e. The Bertz CT molecular complexity index is 556. The third-order valence-corrected chi connectivity index (χ3v) is 4.87. The molecule has 0 bridgehead atoms. The Kier molecular flexibility index (Phi) is 3.51. The molecule has 16 heavy (non-hydrogen) atoms. The first-order valence-electron chi connectivity index (χ1n) is 4.19. The predicted octanol–water partition coefficient (Wildman–Crippen LogP) is -0.504. The average molecular weight is 266 g/mol. The van der Waals surface area contributed by atoms with Crippen LogP contribution in [-0.4, -0.2) is 30.5 Å². The van der Waals surface area contributed by atoms with Gasteiger partial charge >= 0.3 is 10.8 Å². The van der Waals surface area contributed by atoms with E-state index in [0.717, 1.165) is 0 Å². The third kappa shape index (κ3) is 2.68. The van der Waals surface area contributed by atoms with Crippen LogP contribution in [0.1, 0.15) is 12.6 Å². The Morgan fingerprint density at radius 1 is 1.56 bits per heavy atom. The van der Waals surface area contributed by atoms with Crippen LogP contribution in [-0.2, 0) is 14.8 Å². The first-order chi connectivity index (χ1) is 7.24. The van der Waals surface area contributed by atoms with Gasteiger partial charge in [0.15, 0.2) is 4.21 Å². The Hall–Kier alpha value is -1.19. The Morgan fingerprint density at radius 3 is 2.50 bits per heavy atom. The first-order valence-corrected chi connectivity index (χ1v) is 6.49. The molecule has 0 radical (unpaired) electrons. The molecule has 1 heterocycles. The fraction of sp³-hybridized carbons (Fsp3) is 0.429. The summed E-state index contributed by atoms with van der Waals surface area (Å²) >= 11 is 0.520. The van der Waals surface area contributed by atoms with Gasteiger partial charge in [-0.15, -0.1) is 0 Å². The van der Waals surface area contributed by atoms with Crippen LogP contribution in [0.25, 0.3) is 0 Å². The molecular weight excluding hydrogens is 256 g/mol. The van der Waals surface area contributed by atoms with E-state index in [4.69, 9.17) is 5.11 Å². The van der Waals surface area contributed by atoms with E-state index < -0.39 is 26.9 Å². The highest BCUT2D eigenvalue weighted by Gasteiger charge is 2.25. The molecular formula is C7H10N2O5S2. The van der Waals surface area contributed by atoms with Crippen LogP contribution in [0.15, 0.2) is 9.00 Å². The summed E-state index contributed by atoms with van der Waals surface area (Å²) in [7, 11) is -3.96. The van der Waals surface area contributed by atoms with Crippen molar-refractivity contribution in [1.82, 2.24) is 9.71 Å². The summed E-state index contributed by atoms with van der Waals surface area (Å²) in [6.07, 6.45) is 0. The molecule has 0 aliphatic heterocycles. The molecule has 0 spiro atoms. The Balaban J connectivity index is 3.08. The zero-order valence-electron chi connectivity index (χ0n) is 8.47. The molecule has 1 aromatic rings. The second kappa shape index (κ2) is 4.36. The summed E-state index contributed by atoms with van der Waals surface area (Å²) < 4.78 is 25.1. The molecule has 7 nitrogen and oxygen atoms in total. The maximum Gasteiger partial charge on any atom is 0.321 e. The van der Waals surface area contributed by atoms with Crippen molar-refractivity contribution in [1.29, 1.82) is 0 Å². The number of aromatic amines is 1. The zero-order valence-corrected chi connectivity index (χ0v) is 10.1. The second-order valence-electron chi connectivity index (χ2n) is 3.11. The van der Waals surface area contributed by atoms with Crippen molar-refractivity contribution < 1.29 is 18.3 Å². The minimum atomic E-state index is -3.96. The lowest BCUT2D eigenvalue weighted by Gasteiger charge is -2.08. The number of hydrogen-bond acceptors (Lipinski definition) is 5. The van der Waals surface area contributed by atoms with Gasteiger partial charge in [0.1, 0.15) is 6.04 Å². The highest BCUT2D eigenvalue weighted by Crippen LogP contribution is 2.15. The summed E-state index contributed by atoms with van der Waals surface area (Å²) in [6, 6.07) is -1.25. The number of thiazole rings is 1. The maximum atomic E-state index is 11.7. The number of carboxylic acid groups (broad SMARTS) is 1. The lowest BCUT2D eigenvalue weighted by molar-refractivity contribution is -0.138. The van der Waals surface area contributed by atoms with Gasteiger partial charge in [-0.3, -0.25) is 9.59 Å². The van der Waals surface area contributed by atoms with Crippen LogP contribution < -0.4 is 9.60 Å². The predicted molar refractivity (Wildman–Crippen MR) is 57.1 cm³/mol. The van der Waals surface area contributed by atoms with Crippen molar-refractivity contribution in [3.05, 3.63) is 15.4 Å². The van der Waals surface area contributed by atoms with Crippen LogP contribution in [0.4, 0.5) is 0 Å². The van der Waals surface area contributed by atoms with Crippen LogP contribution in [0.3, 0.4) is 0 Å². The van der Waals surface area contributed by atoms with Gasteiger partial charge in [-0.2, -0.15) is 4.72 Å². The molecule has 0 aliphatic rings. The average Bonchev–Trinajstić information content (AvgIpc) is 2.45. The quantitative estimate of drug-likeness (QED) is 0.679. The number of rotatable bonds is 4. The van der Waals surface area contributed by atoms with Gasteiger partial charge in [-0.05, 0) is 13.8 Å². The van der Waals surface area contributed by atoms with Crippen molar-refractivity contribution >= 4 is 27.3 Å². The van der Waals surface area contributed by atoms with Gasteiger partial charge in [-0.1, -0.05) is 11.3 Å². The molecule has 9 heteroatoms. The monoisotopic (exact) mass is 266 g/mol. The number of aryl methyl sites for hydroxylation is 1. The van der Waals surface area contributed by atoms with Crippen LogP contribution in [0.2, 0.25) is 0 Å². The van der Waals surface area contributed by atoms with Crippen molar-refractivity contribution in [2.75, 3.05) is 0 Å². The number of hydrogen-bond donors (Lipinski definition) is 3. The molecule has 90 valence electrons. The van der Waals surface area contributed by atoms with E-state index >= 15 is 0 Å². The lowest BCUT2D eigenvalue weighted by atomic mass is 10.4. The number of aliphatic carboxylic acids is 1. The molecule has 1 atom stereocenters. The lowest BCUT2D eigenvalue weighted by Crippen LogP contribution is -2.38. The number of carbonyl (C=O) groups is 1. The van der Waals surface area contributed by atoms with Gasteiger partial charge in [-0.25, -0.2) is 8.42 Å². The molecule has 3 N–H and O–H groups in total. The molecule has 0 saturated heterocycles. The van der Waals surface area contributed by atoms with Gasteiger partial charge in [0.2, 0.25) is 0 Å². The standard InChI is InChI=1S/C7H10N2O5S2/c1-3(5(10)11)9-16(13,14)6-4(2)8-7(12)15-6/h3,9H,1-2H3,(H,8,12)(H,10,11)/t3-/m0/s1. The van der Waals surface area contributed by atoms with E-state index in [-0.39, 0.29) is 9.90 Å². The molecule has 0 fully saturated rings. The summed E-state index contributed by atoms with van der Waals surface area (Å²) in [5.41, 5.74) is 0.195. The van der Waals surface area contributed by atoms with Crippen LogP contribution in [0.5, 0.6) is 0 Å². The number of carboxylic acids is 1. The summed E-state index contributed by atoms with van der Waals surface area (Å²) in [5, 5.41) is 8.57. The van der Waals surface area contributed by atoms with E-state index in [9.17, 15) is 18.0 Å². The molecule has 1 aromatic heterocycles. The van der Waals surface area contributed by atoms with Crippen LogP contribution in [0, 0.1) is 6.92 Å². The van der Waals surface area contributed by atoms with E-state index in [1.807, 2.05) is 4.72 Å². The van der Waals surface area contributed by atoms with Gasteiger partial charge in [0.05, 0.1) is 0 Å². The van der Waals surface area contributed by atoms with E-state index in [1.54, 1.807) is 0 Å².